The fourth-order valence-corrected chi connectivity index (χ4v) is 3.96. The summed E-state index contributed by atoms with van der Waals surface area (Å²) in [5.74, 6) is -0.404. The van der Waals surface area contributed by atoms with Crippen LogP contribution in [0.2, 0.25) is 10.0 Å². The normalized spacial score (nSPS) is 11.4. The Kier molecular flexibility index (Phi) is 5.68. The number of thiophene rings is 1. The molecular weight excluding hydrogens is 391 g/mol. The predicted molar refractivity (Wildman–Crippen MR) is 105 cm³/mol. The summed E-state index contributed by atoms with van der Waals surface area (Å²) in [5.41, 5.74) is -0.159. The van der Waals surface area contributed by atoms with Crippen molar-refractivity contribution in [3.63, 3.8) is 0 Å². The molecule has 3 rings (SSSR count). The molecule has 0 unspecified atom stereocenters. The molecule has 1 aromatic heterocycles. The van der Waals surface area contributed by atoms with Gasteiger partial charge in [0, 0.05) is 14.9 Å². The maximum atomic E-state index is 12.0. The van der Waals surface area contributed by atoms with Crippen LogP contribution in [-0.2, 0) is 10.3 Å². The van der Waals surface area contributed by atoms with Gasteiger partial charge >= 0.3 is 5.97 Å². The van der Waals surface area contributed by atoms with Crippen molar-refractivity contribution < 1.29 is 14.6 Å². The maximum Gasteiger partial charge on any atom is 0.348 e. The Labute approximate surface area is 165 Å². The lowest BCUT2D eigenvalue weighted by molar-refractivity contribution is 0.0532. The van der Waals surface area contributed by atoms with Gasteiger partial charge in [0.2, 0.25) is 0 Å². The Balaban J connectivity index is 2.13. The first-order valence-corrected chi connectivity index (χ1v) is 9.54. The minimum Gasteiger partial charge on any atom is -0.462 e. The molecule has 0 aliphatic rings. The Bertz CT molecular complexity index is 856. The van der Waals surface area contributed by atoms with Gasteiger partial charge in [-0.25, -0.2) is 4.79 Å². The van der Waals surface area contributed by atoms with Crippen LogP contribution in [-0.4, -0.2) is 17.7 Å². The molecule has 0 spiro atoms. The lowest BCUT2D eigenvalue weighted by Gasteiger charge is -2.28. The van der Waals surface area contributed by atoms with Gasteiger partial charge < -0.3 is 9.84 Å². The molecule has 3 nitrogen and oxygen atoms in total. The molecule has 6 heteroatoms. The summed E-state index contributed by atoms with van der Waals surface area (Å²) < 4.78 is 5.05. The smallest absolute Gasteiger partial charge is 0.348 e. The molecule has 0 fully saturated rings. The fraction of sp³-hybridized carbons (Fsp3) is 0.150. The number of hydrogen-bond donors (Lipinski definition) is 1. The van der Waals surface area contributed by atoms with Crippen LogP contribution in [0.1, 0.15) is 32.6 Å². The van der Waals surface area contributed by atoms with Gasteiger partial charge in [-0.2, -0.15) is 0 Å². The number of aliphatic hydroxyl groups is 1. The van der Waals surface area contributed by atoms with E-state index in [9.17, 15) is 9.90 Å². The standard InChI is InChI=1S/C20H16Cl2O3S/c1-2-25-19(23)17-11-12-18(26-17)20(24,13-3-7-15(21)8-4-13)14-5-9-16(22)10-6-14/h3-12,24H,2H2,1H3. The Morgan fingerprint density at radius 3 is 1.92 bits per heavy atom. The van der Waals surface area contributed by atoms with Crippen LogP contribution in [0.15, 0.2) is 60.7 Å². The highest BCUT2D eigenvalue weighted by Gasteiger charge is 2.36. The first kappa shape index (κ1) is 18.9. The summed E-state index contributed by atoms with van der Waals surface area (Å²) in [4.78, 5) is 13.1. The van der Waals surface area contributed by atoms with Crippen molar-refractivity contribution >= 4 is 40.5 Å². The van der Waals surface area contributed by atoms with Crippen molar-refractivity contribution in [2.45, 2.75) is 12.5 Å². The van der Waals surface area contributed by atoms with Crippen LogP contribution in [0.3, 0.4) is 0 Å². The third-order valence-corrected chi connectivity index (χ3v) is 5.64. The van der Waals surface area contributed by atoms with E-state index in [1.165, 1.54) is 11.3 Å². The van der Waals surface area contributed by atoms with E-state index in [4.69, 9.17) is 27.9 Å². The Hall–Kier alpha value is -1.85. The van der Waals surface area contributed by atoms with Crippen molar-refractivity contribution in [2.24, 2.45) is 0 Å². The van der Waals surface area contributed by atoms with Gasteiger partial charge in [-0.05, 0) is 54.4 Å². The molecule has 0 aliphatic carbocycles. The summed E-state index contributed by atoms with van der Waals surface area (Å²) in [6.07, 6.45) is 0. The molecule has 1 N–H and O–H groups in total. The zero-order valence-electron chi connectivity index (χ0n) is 13.9. The SMILES string of the molecule is CCOC(=O)c1ccc(C(O)(c2ccc(Cl)cc2)c2ccc(Cl)cc2)s1. The molecule has 0 aliphatic heterocycles. The zero-order chi connectivity index (χ0) is 18.7. The highest BCUT2D eigenvalue weighted by atomic mass is 35.5. The van der Waals surface area contributed by atoms with Crippen molar-refractivity contribution in [2.75, 3.05) is 6.61 Å². The zero-order valence-corrected chi connectivity index (χ0v) is 16.2. The van der Waals surface area contributed by atoms with Crippen LogP contribution in [0.25, 0.3) is 0 Å². The van der Waals surface area contributed by atoms with Gasteiger partial charge in [0.25, 0.3) is 0 Å². The number of benzene rings is 2. The average molecular weight is 407 g/mol. The van der Waals surface area contributed by atoms with E-state index in [-0.39, 0.29) is 0 Å². The molecule has 0 saturated heterocycles. The van der Waals surface area contributed by atoms with E-state index in [0.717, 1.165) is 0 Å². The van der Waals surface area contributed by atoms with E-state index in [0.29, 0.717) is 37.5 Å². The highest BCUT2D eigenvalue weighted by molar-refractivity contribution is 7.14. The summed E-state index contributed by atoms with van der Waals surface area (Å²) in [6, 6.07) is 17.3. The summed E-state index contributed by atoms with van der Waals surface area (Å²) >= 11 is 13.2. The Morgan fingerprint density at radius 2 is 1.46 bits per heavy atom. The second kappa shape index (κ2) is 7.80. The van der Waals surface area contributed by atoms with E-state index < -0.39 is 11.6 Å². The number of esters is 1. The van der Waals surface area contributed by atoms with Crippen molar-refractivity contribution in [1.29, 1.82) is 0 Å². The molecule has 26 heavy (non-hydrogen) atoms. The average Bonchev–Trinajstić information content (AvgIpc) is 3.13. The topological polar surface area (TPSA) is 46.5 Å². The molecule has 1 heterocycles. The third-order valence-electron chi connectivity index (χ3n) is 3.96. The maximum absolute atomic E-state index is 12.0. The quantitative estimate of drug-likeness (QED) is 0.567. The lowest BCUT2D eigenvalue weighted by Crippen LogP contribution is -2.27. The van der Waals surface area contributed by atoms with Crippen LogP contribution >= 0.6 is 34.5 Å². The van der Waals surface area contributed by atoms with Gasteiger partial charge in [-0.15, -0.1) is 11.3 Å². The number of ether oxygens (including phenoxy) is 1. The highest BCUT2D eigenvalue weighted by Crippen LogP contribution is 2.41. The molecule has 0 amide bonds. The lowest BCUT2D eigenvalue weighted by atomic mass is 9.85. The number of halogens is 2. The second-order valence-electron chi connectivity index (χ2n) is 5.61. The van der Waals surface area contributed by atoms with Crippen LogP contribution in [0.4, 0.5) is 0 Å². The van der Waals surface area contributed by atoms with Gasteiger partial charge in [-0.3, -0.25) is 0 Å². The molecule has 0 bridgehead atoms. The molecule has 134 valence electrons. The van der Waals surface area contributed by atoms with E-state index in [2.05, 4.69) is 0 Å². The first-order valence-electron chi connectivity index (χ1n) is 7.97. The minimum absolute atomic E-state index is 0.296. The van der Waals surface area contributed by atoms with E-state index in [1.54, 1.807) is 67.6 Å². The number of hydrogen-bond acceptors (Lipinski definition) is 4. The van der Waals surface area contributed by atoms with Gasteiger partial charge in [-0.1, -0.05) is 47.5 Å². The van der Waals surface area contributed by atoms with E-state index in [1.807, 2.05) is 0 Å². The monoisotopic (exact) mass is 406 g/mol. The van der Waals surface area contributed by atoms with Crippen LogP contribution in [0, 0.1) is 0 Å². The molecule has 0 radical (unpaired) electrons. The van der Waals surface area contributed by atoms with E-state index >= 15 is 0 Å². The van der Waals surface area contributed by atoms with Crippen molar-refractivity contribution in [3.8, 4) is 0 Å². The third kappa shape index (κ3) is 3.64. The molecule has 0 atom stereocenters. The van der Waals surface area contributed by atoms with Crippen molar-refractivity contribution in [1.82, 2.24) is 0 Å². The van der Waals surface area contributed by atoms with Crippen LogP contribution < -0.4 is 0 Å². The molecular formula is C20H16Cl2O3S. The minimum atomic E-state index is -1.44. The number of carbonyl (C=O) groups is 1. The molecule has 3 aromatic rings. The first-order chi connectivity index (χ1) is 12.4. The molecule has 0 saturated carbocycles. The summed E-state index contributed by atoms with van der Waals surface area (Å²) in [6.45, 7) is 2.05. The van der Waals surface area contributed by atoms with Gasteiger partial charge in [0.1, 0.15) is 10.5 Å². The second-order valence-corrected chi connectivity index (χ2v) is 7.57. The number of carbonyl (C=O) groups excluding carboxylic acids is 1. The molecule has 2 aromatic carbocycles. The fourth-order valence-electron chi connectivity index (χ4n) is 2.68. The van der Waals surface area contributed by atoms with Gasteiger partial charge in [0.05, 0.1) is 6.61 Å². The Morgan fingerprint density at radius 1 is 0.962 bits per heavy atom. The van der Waals surface area contributed by atoms with Crippen molar-refractivity contribution in [3.05, 3.63) is 91.6 Å². The number of rotatable bonds is 5. The predicted octanol–water partition coefficient (Wildman–Crippen LogP) is 5.52. The summed E-state index contributed by atoms with van der Waals surface area (Å²) in [7, 11) is 0. The van der Waals surface area contributed by atoms with Crippen LogP contribution in [0.5, 0.6) is 0 Å². The van der Waals surface area contributed by atoms with Gasteiger partial charge in [0.15, 0.2) is 0 Å². The summed E-state index contributed by atoms with van der Waals surface area (Å²) in [5, 5.41) is 12.9. The largest absolute Gasteiger partial charge is 0.462 e.